The molecule has 0 aromatic carbocycles. The van der Waals surface area contributed by atoms with E-state index in [0.717, 1.165) is 18.7 Å². The predicted octanol–water partition coefficient (Wildman–Crippen LogP) is 2.17. The fraction of sp³-hybridized carbons (Fsp3) is 0.200. The number of halogens is 1. The number of aromatic nitrogens is 3. The highest BCUT2D eigenvalue weighted by molar-refractivity contribution is 6.30. The Morgan fingerprint density at radius 1 is 1.36 bits per heavy atom. The van der Waals surface area contributed by atoms with Crippen LogP contribution in [-0.4, -0.2) is 14.5 Å². The molecule has 0 saturated carbocycles. The lowest BCUT2D eigenvalue weighted by Gasteiger charge is -2.01. The van der Waals surface area contributed by atoms with Gasteiger partial charge in [-0.3, -0.25) is 4.98 Å². The van der Waals surface area contributed by atoms with Crippen molar-refractivity contribution in [1.82, 2.24) is 14.5 Å². The average molecular weight is 208 g/mol. The van der Waals surface area contributed by atoms with Gasteiger partial charge >= 0.3 is 0 Å². The van der Waals surface area contributed by atoms with Crippen LogP contribution in [-0.2, 0) is 13.0 Å². The van der Waals surface area contributed by atoms with Gasteiger partial charge in [-0.1, -0.05) is 11.6 Å². The summed E-state index contributed by atoms with van der Waals surface area (Å²) < 4.78 is 2.02. The van der Waals surface area contributed by atoms with Crippen molar-refractivity contribution in [2.45, 2.75) is 13.0 Å². The zero-order chi connectivity index (χ0) is 9.80. The molecule has 14 heavy (non-hydrogen) atoms. The highest BCUT2D eigenvalue weighted by Gasteiger charge is 1.95. The standard InChI is InChI=1S/C10H10ClN3/c11-9-1-2-10(13-7-9)3-5-14-6-4-12-8-14/h1-2,4,6-8H,3,5H2. The van der Waals surface area contributed by atoms with Gasteiger partial charge < -0.3 is 4.57 Å². The first-order chi connectivity index (χ1) is 6.84. The van der Waals surface area contributed by atoms with Crippen LogP contribution in [0.15, 0.2) is 37.1 Å². The number of aryl methyl sites for hydroxylation is 2. The lowest BCUT2D eigenvalue weighted by molar-refractivity contribution is 0.685. The summed E-state index contributed by atoms with van der Waals surface area (Å²) in [6.07, 6.45) is 8.08. The van der Waals surface area contributed by atoms with Crippen LogP contribution in [0.1, 0.15) is 5.69 Å². The van der Waals surface area contributed by atoms with Crippen LogP contribution in [0.2, 0.25) is 5.02 Å². The van der Waals surface area contributed by atoms with Crippen molar-refractivity contribution >= 4 is 11.6 Å². The number of nitrogens with zero attached hydrogens (tertiary/aromatic N) is 3. The van der Waals surface area contributed by atoms with Gasteiger partial charge in [0.25, 0.3) is 0 Å². The summed E-state index contributed by atoms with van der Waals surface area (Å²) in [5.74, 6) is 0. The fourth-order valence-corrected chi connectivity index (χ4v) is 1.33. The minimum absolute atomic E-state index is 0.677. The van der Waals surface area contributed by atoms with Crippen molar-refractivity contribution < 1.29 is 0 Å². The smallest absolute Gasteiger partial charge is 0.0946 e. The molecule has 0 aliphatic carbocycles. The molecule has 2 rings (SSSR count). The van der Waals surface area contributed by atoms with Crippen molar-refractivity contribution in [2.75, 3.05) is 0 Å². The van der Waals surface area contributed by atoms with E-state index in [1.54, 1.807) is 18.7 Å². The monoisotopic (exact) mass is 207 g/mol. The Morgan fingerprint density at radius 3 is 2.93 bits per heavy atom. The molecule has 0 aliphatic rings. The second-order valence-corrected chi connectivity index (χ2v) is 3.45. The summed E-state index contributed by atoms with van der Waals surface area (Å²) in [4.78, 5) is 8.18. The van der Waals surface area contributed by atoms with Crippen molar-refractivity contribution in [2.24, 2.45) is 0 Å². The summed E-state index contributed by atoms with van der Waals surface area (Å²) in [7, 11) is 0. The topological polar surface area (TPSA) is 30.7 Å². The summed E-state index contributed by atoms with van der Waals surface area (Å²) in [5.41, 5.74) is 1.04. The van der Waals surface area contributed by atoms with Crippen molar-refractivity contribution in [3.63, 3.8) is 0 Å². The van der Waals surface area contributed by atoms with Crippen LogP contribution in [0.3, 0.4) is 0 Å². The normalized spacial score (nSPS) is 10.4. The van der Waals surface area contributed by atoms with Crippen LogP contribution in [0.4, 0.5) is 0 Å². The minimum atomic E-state index is 0.677. The Hall–Kier alpha value is -1.35. The van der Waals surface area contributed by atoms with Crippen molar-refractivity contribution in [3.05, 3.63) is 47.8 Å². The summed E-state index contributed by atoms with van der Waals surface area (Å²) in [5, 5.41) is 0.677. The van der Waals surface area contributed by atoms with Gasteiger partial charge in [-0.15, -0.1) is 0 Å². The van der Waals surface area contributed by atoms with Crippen LogP contribution >= 0.6 is 11.6 Å². The van der Waals surface area contributed by atoms with Gasteiger partial charge in [-0.2, -0.15) is 0 Å². The Morgan fingerprint density at radius 2 is 2.29 bits per heavy atom. The first-order valence-electron chi connectivity index (χ1n) is 4.41. The maximum Gasteiger partial charge on any atom is 0.0946 e. The number of imidazole rings is 1. The molecule has 4 heteroatoms. The number of hydrogen-bond acceptors (Lipinski definition) is 2. The summed E-state index contributed by atoms with van der Waals surface area (Å²) >= 11 is 5.73. The van der Waals surface area contributed by atoms with Gasteiger partial charge in [0.15, 0.2) is 0 Å². The molecule has 0 fully saturated rings. The second-order valence-electron chi connectivity index (χ2n) is 3.02. The van der Waals surface area contributed by atoms with Gasteiger partial charge in [0.05, 0.1) is 11.3 Å². The lowest BCUT2D eigenvalue weighted by Crippen LogP contribution is -1.99. The largest absolute Gasteiger partial charge is 0.337 e. The highest BCUT2D eigenvalue weighted by atomic mass is 35.5. The van der Waals surface area contributed by atoms with Crippen molar-refractivity contribution in [1.29, 1.82) is 0 Å². The van der Waals surface area contributed by atoms with Gasteiger partial charge in [0.1, 0.15) is 0 Å². The van der Waals surface area contributed by atoms with E-state index in [1.807, 2.05) is 22.9 Å². The van der Waals surface area contributed by atoms with E-state index in [9.17, 15) is 0 Å². The van der Waals surface area contributed by atoms with Crippen LogP contribution in [0, 0.1) is 0 Å². The van der Waals surface area contributed by atoms with E-state index < -0.39 is 0 Å². The minimum Gasteiger partial charge on any atom is -0.337 e. The second kappa shape index (κ2) is 4.24. The first-order valence-corrected chi connectivity index (χ1v) is 4.78. The molecule has 0 unspecified atom stereocenters. The van der Waals surface area contributed by atoms with Gasteiger partial charge in [0.2, 0.25) is 0 Å². The van der Waals surface area contributed by atoms with Crippen LogP contribution < -0.4 is 0 Å². The lowest BCUT2D eigenvalue weighted by atomic mass is 10.3. The maximum absolute atomic E-state index is 5.73. The molecule has 0 aliphatic heterocycles. The third kappa shape index (κ3) is 2.33. The molecular formula is C10H10ClN3. The molecular weight excluding hydrogens is 198 g/mol. The Labute approximate surface area is 87.4 Å². The summed E-state index contributed by atoms with van der Waals surface area (Å²) in [6.45, 7) is 0.897. The SMILES string of the molecule is Clc1ccc(CCn2ccnc2)nc1. The molecule has 3 nitrogen and oxygen atoms in total. The van der Waals surface area contributed by atoms with E-state index in [-0.39, 0.29) is 0 Å². The Kier molecular flexibility index (Phi) is 2.79. The zero-order valence-electron chi connectivity index (χ0n) is 7.60. The zero-order valence-corrected chi connectivity index (χ0v) is 8.35. The Bertz CT molecular complexity index is 380. The quantitative estimate of drug-likeness (QED) is 0.773. The molecule has 0 radical (unpaired) electrons. The van der Waals surface area contributed by atoms with Crippen LogP contribution in [0.25, 0.3) is 0 Å². The molecule has 2 heterocycles. The highest BCUT2D eigenvalue weighted by Crippen LogP contribution is 2.06. The number of hydrogen-bond donors (Lipinski definition) is 0. The number of pyridine rings is 1. The third-order valence-electron chi connectivity index (χ3n) is 1.97. The van der Waals surface area contributed by atoms with Crippen LogP contribution in [0.5, 0.6) is 0 Å². The van der Waals surface area contributed by atoms with Gasteiger partial charge in [-0.25, -0.2) is 4.98 Å². The maximum atomic E-state index is 5.73. The van der Waals surface area contributed by atoms with E-state index in [1.165, 1.54) is 0 Å². The molecule has 72 valence electrons. The molecule has 0 atom stereocenters. The van der Waals surface area contributed by atoms with E-state index in [4.69, 9.17) is 11.6 Å². The molecule has 0 amide bonds. The predicted molar refractivity (Wildman–Crippen MR) is 55.2 cm³/mol. The Balaban J connectivity index is 1.95. The molecule has 0 bridgehead atoms. The van der Waals surface area contributed by atoms with E-state index in [2.05, 4.69) is 9.97 Å². The van der Waals surface area contributed by atoms with E-state index in [0.29, 0.717) is 5.02 Å². The van der Waals surface area contributed by atoms with E-state index >= 15 is 0 Å². The third-order valence-corrected chi connectivity index (χ3v) is 2.20. The van der Waals surface area contributed by atoms with Gasteiger partial charge in [-0.05, 0) is 12.1 Å². The molecule has 0 spiro atoms. The first kappa shape index (κ1) is 9.21. The van der Waals surface area contributed by atoms with Gasteiger partial charge in [0, 0.05) is 37.3 Å². The number of rotatable bonds is 3. The molecule has 2 aromatic heterocycles. The summed E-state index contributed by atoms with van der Waals surface area (Å²) in [6, 6.07) is 3.80. The molecule has 0 saturated heterocycles. The molecule has 2 aromatic rings. The average Bonchev–Trinajstić information content (AvgIpc) is 2.70. The molecule has 0 N–H and O–H groups in total. The fourth-order valence-electron chi connectivity index (χ4n) is 1.22. The van der Waals surface area contributed by atoms with Crippen molar-refractivity contribution in [3.8, 4) is 0 Å².